The molecule has 1 aromatic heterocycles. The van der Waals surface area contributed by atoms with Crippen molar-refractivity contribution in [3.05, 3.63) is 99.6 Å². The van der Waals surface area contributed by atoms with Gasteiger partial charge in [0.05, 0.1) is 9.82 Å². The van der Waals surface area contributed by atoms with Crippen LogP contribution in [0.5, 0.6) is 0 Å². The molecule has 0 atom stereocenters. The van der Waals surface area contributed by atoms with Crippen molar-refractivity contribution in [3.63, 3.8) is 0 Å². The number of nitrogens with zero attached hydrogens (tertiary/aromatic N) is 4. The standard InChI is InChI=1S/C26H24N4O3S/c1-26(2,3)20-13-10-18(11-14-20)24-27-28-25(29(24)4)34-22-15-12-19(16-21(22)30(32)33)23(31)17-8-6-5-7-9-17/h5-16H,1-4H3. The number of rotatable bonds is 6. The molecule has 0 aliphatic heterocycles. The number of carbonyl (C=O) groups excluding carboxylic acids is 1. The maximum atomic E-state index is 12.7. The van der Waals surface area contributed by atoms with Crippen LogP contribution < -0.4 is 0 Å². The Kier molecular flexibility index (Phi) is 6.34. The van der Waals surface area contributed by atoms with Gasteiger partial charge in [0.15, 0.2) is 16.8 Å². The zero-order valence-corrected chi connectivity index (χ0v) is 20.2. The molecule has 4 aromatic rings. The number of carbonyl (C=O) groups is 1. The molecule has 0 N–H and O–H groups in total. The van der Waals surface area contributed by atoms with Crippen LogP contribution in [0.2, 0.25) is 0 Å². The summed E-state index contributed by atoms with van der Waals surface area (Å²) in [5.41, 5.74) is 2.77. The molecule has 4 rings (SSSR count). The number of nitro groups is 1. The second-order valence-corrected chi connectivity index (χ2v) is 9.94. The van der Waals surface area contributed by atoms with Crippen LogP contribution in [0.25, 0.3) is 11.4 Å². The second kappa shape index (κ2) is 9.23. The van der Waals surface area contributed by atoms with E-state index in [1.165, 1.54) is 11.6 Å². The predicted octanol–water partition coefficient (Wildman–Crippen LogP) is 6.07. The molecule has 0 saturated heterocycles. The van der Waals surface area contributed by atoms with Crippen molar-refractivity contribution < 1.29 is 9.72 Å². The molecular formula is C26H24N4O3S. The molecule has 8 heteroatoms. The molecule has 0 unspecified atom stereocenters. The summed E-state index contributed by atoms with van der Waals surface area (Å²) in [5, 5.41) is 20.9. The van der Waals surface area contributed by atoms with Gasteiger partial charge in [-0.2, -0.15) is 0 Å². The third kappa shape index (κ3) is 4.77. The molecule has 3 aromatic carbocycles. The molecule has 0 radical (unpaired) electrons. The van der Waals surface area contributed by atoms with Gasteiger partial charge < -0.3 is 4.57 Å². The van der Waals surface area contributed by atoms with Crippen LogP contribution in [0.15, 0.2) is 82.8 Å². The number of aromatic nitrogens is 3. The number of hydrogen-bond acceptors (Lipinski definition) is 6. The van der Waals surface area contributed by atoms with Crippen LogP contribution in [0.3, 0.4) is 0 Å². The first kappa shape index (κ1) is 23.4. The highest BCUT2D eigenvalue weighted by Gasteiger charge is 2.22. The highest BCUT2D eigenvalue weighted by atomic mass is 32.2. The Morgan fingerprint density at radius 2 is 1.62 bits per heavy atom. The first-order chi connectivity index (χ1) is 16.1. The van der Waals surface area contributed by atoms with Crippen LogP contribution in [-0.4, -0.2) is 25.5 Å². The summed E-state index contributed by atoms with van der Waals surface area (Å²) in [7, 11) is 1.83. The Hall–Kier alpha value is -3.78. The molecule has 0 bridgehead atoms. The highest BCUT2D eigenvalue weighted by molar-refractivity contribution is 7.99. The van der Waals surface area contributed by atoms with Gasteiger partial charge in [-0.1, -0.05) is 75.4 Å². The number of nitro benzene ring substituents is 1. The molecule has 7 nitrogen and oxygen atoms in total. The highest BCUT2D eigenvalue weighted by Crippen LogP contribution is 2.36. The second-order valence-electron chi connectivity index (χ2n) is 8.93. The van der Waals surface area contributed by atoms with Crippen molar-refractivity contribution in [1.82, 2.24) is 14.8 Å². The summed E-state index contributed by atoms with van der Waals surface area (Å²) in [6.07, 6.45) is 0. The summed E-state index contributed by atoms with van der Waals surface area (Å²) >= 11 is 1.14. The van der Waals surface area contributed by atoms with E-state index >= 15 is 0 Å². The van der Waals surface area contributed by atoms with E-state index in [9.17, 15) is 14.9 Å². The van der Waals surface area contributed by atoms with Gasteiger partial charge >= 0.3 is 0 Å². The summed E-state index contributed by atoms with van der Waals surface area (Å²) in [6.45, 7) is 6.47. The molecule has 0 spiro atoms. The van der Waals surface area contributed by atoms with E-state index in [2.05, 4.69) is 43.1 Å². The largest absolute Gasteiger partial charge is 0.305 e. The summed E-state index contributed by atoms with van der Waals surface area (Å²) in [6, 6.07) is 21.4. The van der Waals surface area contributed by atoms with E-state index in [1.54, 1.807) is 36.4 Å². The Bertz CT molecular complexity index is 1360. The average molecular weight is 473 g/mol. The predicted molar refractivity (Wildman–Crippen MR) is 132 cm³/mol. The maximum absolute atomic E-state index is 12.7. The van der Waals surface area contributed by atoms with Crippen LogP contribution >= 0.6 is 11.8 Å². The fourth-order valence-corrected chi connectivity index (χ4v) is 4.39. The first-order valence-corrected chi connectivity index (χ1v) is 11.5. The van der Waals surface area contributed by atoms with Crippen molar-refractivity contribution in [2.75, 3.05) is 0 Å². The Morgan fingerprint density at radius 3 is 2.24 bits per heavy atom. The van der Waals surface area contributed by atoms with E-state index < -0.39 is 4.92 Å². The first-order valence-electron chi connectivity index (χ1n) is 10.7. The summed E-state index contributed by atoms with van der Waals surface area (Å²) < 4.78 is 1.81. The molecule has 0 saturated carbocycles. The van der Waals surface area contributed by atoms with E-state index in [0.717, 1.165) is 17.3 Å². The smallest absolute Gasteiger partial charge is 0.284 e. The SMILES string of the molecule is Cn1c(Sc2ccc(C(=O)c3ccccc3)cc2[N+](=O)[O-])nnc1-c1ccc(C(C)(C)C)cc1. The maximum Gasteiger partial charge on any atom is 0.284 e. The van der Waals surface area contributed by atoms with Crippen molar-refractivity contribution in [2.24, 2.45) is 7.05 Å². The Balaban J connectivity index is 1.62. The van der Waals surface area contributed by atoms with Crippen LogP contribution in [0, 0.1) is 10.1 Å². The molecule has 1 heterocycles. The number of hydrogen-bond donors (Lipinski definition) is 0. The zero-order valence-electron chi connectivity index (χ0n) is 19.4. The lowest BCUT2D eigenvalue weighted by Crippen LogP contribution is -2.10. The number of benzene rings is 3. The third-order valence-corrected chi connectivity index (χ3v) is 6.60. The van der Waals surface area contributed by atoms with Gasteiger partial charge in [0.2, 0.25) is 0 Å². The van der Waals surface area contributed by atoms with Crippen LogP contribution in [0.4, 0.5) is 5.69 Å². The molecule has 34 heavy (non-hydrogen) atoms. The van der Waals surface area contributed by atoms with Crippen molar-refractivity contribution >= 4 is 23.2 Å². The van der Waals surface area contributed by atoms with Crippen molar-refractivity contribution in [3.8, 4) is 11.4 Å². The topological polar surface area (TPSA) is 90.9 Å². The quantitative estimate of drug-likeness (QED) is 0.192. The monoisotopic (exact) mass is 472 g/mol. The van der Waals surface area contributed by atoms with Gasteiger partial charge in [0.25, 0.3) is 5.69 Å². The summed E-state index contributed by atoms with van der Waals surface area (Å²) in [5.74, 6) is 0.404. The molecular weight excluding hydrogens is 448 g/mol. The minimum absolute atomic E-state index is 0.0480. The normalized spacial score (nSPS) is 11.4. The Morgan fingerprint density at radius 1 is 0.941 bits per heavy atom. The van der Waals surface area contributed by atoms with E-state index in [0.29, 0.717) is 21.4 Å². The lowest BCUT2D eigenvalue weighted by atomic mass is 9.87. The lowest BCUT2D eigenvalue weighted by Gasteiger charge is -2.19. The minimum Gasteiger partial charge on any atom is -0.305 e. The minimum atomic E-state index is -0.480. The number of ketones is 1. The van der Waals surface area contributed by atoms with Crippen molar-refractivity contribution in [2.45, 2.75) is 36.2 Å². The van der Waals surface area contributed by atoms with E-state index in [-0.39, 0.29) is 22.4 Å². The fourth-order valence-electron chi connectivity index (χ4n) is 3.52. The molecule has 0 aliphatic carbocycles. The van der Waals surface area contributed by atoms with Gasteiger partial charge in [-0.3, -0.25) is 14.9 Å². The summed E-state index contributed by atoms with van der Waals surface area (Å²) in [4.78, 5) is 24.4. The lowest BCUT2D eigenvalue weighted by molar-refractivity contribution is -0.387. The average Bonchev–Trinajstić information content (AvgIpc) is 3.18. The molecule has 172 valence electrons. The van der Waals surface area contributed by atoms with Gasteiger partial charge in [-0.05, 0) is 34.9 Å². The molecule has 0 fully saturated rings. The fraction of sp³-hybridized carbons (Fsp3) is 0.192. The molecule has 0 aliphatic rings. The van der Waals surface area contributed by atoms with Crippen LogP contribution in [-0.2, 0) is 12.5 Å². The zero-order chi connectivity index (χ0) is 24.5. The van der Waals surface area contributed by atoms with Gasteiger partial charge in [-0.15, -0.1) is 10.2 Å². The van der Waals surface area contributed by atoms with Gasteiger partial charge in [0.1, 0.15) is 0 Å². The van der Waals surface area contributed by atoms with E-state index in [1.807, 2.05) is 29.8 Å². The van der Waals surface area contributed by atoms with Crippen molar-refractivity contribution in [1.29, 1.82) is 0 Å². The van der Waals surface area contributed by atoms with Gasteiger partial charge in [-0.25, -0.2) is 0 Å². The van der Waals surface area contributed by atoms with Gasteiger partial charge in [0, 0.05) is 29.8 Å². The molecule has 0 amide bonds. The van der Waals surface area contributed by atoms with E-state index in [4.69, 9.17) is 0 Å². The van der Waals surface area contributed by atoms with Crippen LogP contribution in [0.1, 0.15) is 42.3 Å². The Labute approximate surface area is 202 Å². The third-order valence-electron chi connectivity index (χ3n) is 5.50.